The minimum atomic E-state index is -0.858. The fourth-order valence-electron chi connectivity index (χ4n) is 3.97. The van der Waals surface area contributed by atoms with Crippen LogP contribution in [-0.2, 0) is 22.4 Å². The van der Waals surface area contributed by atoms with Crippen LogP contribution in [0, 0.1) is 0 Å². The number of rotatable bonds is 9. The van der Waals surface area contributed by atoms with Crippen molar-refractivity contribution in [3.63, 3.8) is 0 Å². The molecule has 1 aliphatic rings. The Morgan fingerprint density at radius 3 is 2.42 bits per heavy atom. The van der Waals surface area contributed by atoms with E-state index in [0.29, 0.717) is 14.8 Å². The van der Waals surface area contributed by atoms with Gasteiger partial charge < -0.3 is 21.1 Å². The molecule has 1 atom stereocenters. The van der Waals surface area contributed by atoms with Crippen LogP contribution in [-0.4, -0.2) is 33.2 Å². The number of anilines is 1. The standard InChI is InChI=1S/C29H27N3O4S2/c1-2-5-20-6-3-4-7-23(20)30-27(35)24(16-18-10-14-22(33)15-11-18)31-26(34)21-12-8-19(9-13-21)17-25-28(36)32-29(37)38-25/h3-4,6-15,17,24,33H,2,5,16H2,1H3,(H,30,35)(H,31,34)(H,32,36,37)/b25-17-/t24-/m0/s1. The maximum absolute atomic E-state index is 13.4. The van der Waals surface area contributed by atoms with Gasteiger partial charge in [0.15, 0.2) is 0 Å². The van der Waals surface area contributed by atoms with Gasteiger partial charge in [-0.3, -0.25) is 14.4 Å². The van der Waals surface area contributed by atoms with E-state index in [0.717, 1.165) is 35.2 Å². The van der Waals surface area contributed by atoms with Gasteiger partial charge in [0.1, 0.15) is 16.1 Å². The average molecular weight is 546 g/mol. The number of para-hydroxylation sites is 1. The van der Waals surface area contributed by atoms with Crippen molar-refractivity contribution in [3.05, 3.63) is 100.0 Å². The highest BCUT2D eigenvalue weighted by molar-refractivity contribution is 8.26. The monoisotopic (exact) mass is 545 g/mol. The molecule has 3 aromatic rings. The number of benzene rings is 3. The van der Waals surface area contributed by atoms with E-state index in [9.17, 15) is 19.5 Å². The number of amides is 3. The number of thiocarbonyl (C=S) groups is 1. The van der Waals surface area contributed by atoms with Crippen LogP contribution in [0.15, 0.2) is 77.7 Å². The molecule has 194 valence electrons. The second-order valence-electron chi connectivity index (χ2n) is 8.77. The van der Waals surface area contributed by atoms with Crippen LogP contribution in [0.4, 0.5) is 5.69 Å². The van der Waals surface area contributed by atoms with Gasteiger partial charge in [-0.25, -0.2) is 0 Å². The van der Waals surface area contributed by atoms with Crippen molar-refractivity contribution < 1.29 is 19.5 Å². The van der Waals surface area contributed by atoms with Crippen molar-refractivity contribution in [2.75, 3.05) is 5.32 Å². The molecule has 7 nitrogen and oxygen atoms in total. The van der Waals surface area contributed by atoms with E-state index in [4.69, 9.17) is 12.2 Å². The predicted molar refractivity (Wildman–Crippen MR) is 155 cm³/mol. The maximum Gasteiger partial charge on any atom is 0.263 e. The van der Waals surface area contributed by atoms with Gasteiger partial charge in [-0.1, -0.05) is 79.8 Å². The molecule has 38 heavy (non-hydrogen) atoms. The first-order chi connectivity index (χ1) is 18.3. The highest BCUT2D eigenvalue weighted by atomic mass is 32.2. The van der Waals surface area contributed by atoms with Crippen LogP contribution in [0.5, 0.6) is 5.75 Å². The third-order valence-electron chi connectivity index (χ3n) is 5.91. The van der Waals surface area contributed by atoms with Gasteiger partial charge in [0.25, 0.3) is 11.8 Å². The molecule has 0 saturated carbocycles. The molecule has 0 aliphatic carbocycles. The highest BCUT2D eigenvalue weighted by Gasteiger charge is 2.24. The van der Waals surface area contributed by atoms with Crippen LogP contribution in [0.2, 0.25) is 0 Å². The van der Waals surface area contributed by atoms with E-state index in [1.165, 1.54) is 11.8 Å². The van der Waals surface area contributed by atoms with Crippen LogP contribution >= 0.6 is 24.0 Å². The van der Waals surface area contributed by atoms with Gasteiger partial charge in [-0.2, -0.15) is 0 Å². The number of thioether (sulfide) groups is 1. The van der Waals surface area contributed by atoms with Crippen LogP contribution < -0.4 is 16.0 Å². The number of carbonyl (C=O) groups is 3. The average Bonchev–Trinajstić information content (AvgIpc) is 3.22. The lowest BCUT2D eigenvalue weighted by Gasteiger charge is -2.20. The lowest BCUT2D eigenvalue weighted by molar-refractivity contribution is -0.118. The Labute approximate surface area is 230 Å². The molecule has 0 aromatic heterocycles. The molecule has 1 saturated heterocycles. The molecule has 0 unspecified atom stereocenters. The summed E-state index contributed by atoms with van der Waals surface area (Å²) in [5.74, 6) is -0.862. The third-order valence-corrected chi connectivity index (χ3v) is 7.07. The number of nitrogens with one attached hydrogen (secondary N) is 3. The number of carbonyl (C=O) groups excluding carboxylic acids is 3. The van der Waals surface area contributed by atoms with Gasteiger partial charge in [0.2, 0.25) is 5.91 Å². The normalized spacial score (nSPS) is 14.7. The number of hydrogen-bond acceptors (Lipinski definition) is 6. The number of phenolic OH excluding ortho intramolecular Hbond substituents is 1. The summed E-state index contributed by atoms with van der Waals surface area (Å²) in [7, 11) is 0. The Bertz CT molecular complexity index is 1390. The molecule has 3 aromatic carbocycles. The summed E-state index contributed by atoms with van der Waals surface area (Å²) in [6.07, 6.45) is 3.70. The lowest BCUT2D eigenvalue weighted by atomic mass is 10.0. The Morgan fingerprint density at radius 1 is 1.05 bits per heavy atom. The number of phenols is 1. The van der Waals surface area contributed by atoms with Crippen molar-refractivity contribution in [1.82, 2.24) is 10.6 Å². The molecule has 1 fully saturated rings. The molecule has 4 rings (SSSR count). The Kier molecular flexibility index (Phi) is 8.93. The third kappa shape index (κ3) is 7.08. The van der Waals surface area contributed by atoms with Crippen molar-refractivity contribution in [2.45, 2.75) is 32.2 Å². The van der Waals surface area contributed by atoms with Crippen molar-refractivity contribution in [2.24, 2.45) is 0 Å². The molecule has 3 amide bonds. The molecular weight excluding hydrogens is 518 g/mol. The molecule has 0 bridgehead atoms. The number of aromatic hydroxyl groups is 1. The summed E-state index contributed by atoms with van der Waals surface area (Å²) in [6, 6.07) is 20.0. The zero-order chi connectivity index (χ0) is 27.1. The summed E-state index contributed by atoms with van der Waals surface area (Å²) in [5.41, 5.74) is 3.65. The van der Waals surface area contributed by atoms with Gasteiger partial charge in [0.05, 0.1) is 4.91 Å². The van der Waals surface area contributed by atoms with E-state index >= 15 is 0 Å². The minimum absolute atomic E-state index is 0.123. The van der Waals surface area contributed by atoms with Gasteiger partial charge >= 0.3 is 0 Å². The topological polar surface area (TPSA) is 108 Å². The second kappa shape index (κ2) is 12.5. The summed E-state index contributed by atoms with van der Waals surface area (Å²) >= 11 is 6.20. The zero-order valence-corrected chi connectivity index (χ0v) is 22.3. The summed E-state index contributed by atoms with van der Waals surface area (Å²) in [6.45, 7) is 2.07. The maximum atomic E-state index is 13.4. The van der Waals surface area contributed by atoms with Gasteiger partial charge in [0, 0.05) is 17.7 Å². The predicted octanol–water partition coefficient (Wildman–Crippen LogP) is 4.81. The zero-order valence-electron chi connectivity index (χ0n) is 20.7. The Hall–Kier alpha value is -3.95. The van der Waals surface area contributed by atoms with E-state index in [1.54, 1.807) is 54.6 Å². The quantitative estimate of drug-likeness (QED) is 0.227. The first-order valence-corrected chi connectivity index (χ1v) is 13.4. The molecule has 4 N–H and O–H groups in total. The van der Waals surface area contributed by atoms with E-state index in [-0.39, 0.29) is 24.0 Å². The summed E-state index contributed by atoms with van der Waals surface area (Å²) < 4.78 is 0.410. The molecular formula is C29H27N3O4S2. The Morgan fingerprint density at radius 2 is 1.76 bits per heavy atom. The van der Waals surface area contributed by atoms with Crippen molar-refractivity contribution in [1.29, 1.82) is 0 Å². The minimum Gasteiger partial charge on any atom is -0.508 e. The van der Waals surface area contributed by atoms with E-state index < -0.39 is 11.9 Å². The molecule has 9 heteroatoms. The number of aryl methyl sites for hydroxylation is 1. The first kappa shape index (κ1) is 27.1. The van der Waals surface area contributed by atoms with Gasteiger partial charge in [-0.05, 0) is 59.5 Å². The fourth-order valence-corrected chi connectivity index (χ4v) is 5.02. The number of hydrogen-bond donors (Lipinski definition) is 4. The first-order valence-electron chi connectivity index (χ1n) is 12.1. The fraction of sp³-hybridized carbons (Fsp3) is 0.172. The molecule has 1 heterocycles. The lowest BCUT2D eigenvalue weighted by Crippen LogP contribution is -2.45. The summed E-state index contributed by atoms with van der Waals surface area (Å²) in [4.78, 5) is 38.9. The Balaban J connectivity index is 1.51. The second-order valence-corrected chi connectivity index (χ2v) is 10.5. The SMILES string of the molecule is CCCc1ccccc1NC(=O)[C@H](Cc1ccc(O)cc1)NC(=O)c1ccc(/C=C2\SC(=S)NC2=O)cc1. The highest BCUT2D eigenvalue weighted by Crippen LogP contribution is 2.26. The van der Waals surface area contributed by atoms with E-state index in [1.807, 2.05) is 24.3 Å². The van der Waals surface area contributed by atoms with Crippen molar-refractivity contribution in [3.8, 4) is 5.75 Å². The van der Waals surface area contributed by atoms with Gasteiger partial charge in [-0.15, -0.1) is 0 Å². The molecule has 0 spiro atoms. The smallest absolute Gasteiger partial charge is 0.263 e. The largest absolute Gasteiger partial charge is 0.508 e. The van der Waals surface area contributed by atoms with Crippen LogP contribution in [0.3, 0.4) is 0 Å². The van der Waals surface area contributed by atoms with Crippen LogP contribution in [0.25, 0.3) is 6.08 Å². The molecule has 1 aliphatic heterocycles. The molecule has 0 radical (unpaired) electrons. The van der Waals surface area contributed by atoms with Crippen LogP contribution in [0.1, 0.15) is 40.4 Å². The summed E-state index contributed by atoms with van der Waals surface area (Å²) in [5, 5.41) is 18.0. The van der Waals surface area contributed by atoms with E-state index in [2.05, 4.69) is 22.9 Å². The van der Waals surface area contributed by atoms with Crippen molar-refractivity contribution >= 4 is 57.8 Å².